The molecule has 0 spiro atoms. The van der Waals surface area contributed by atoms with Crippen LogP contribution in [-0.2, 0) is 32.1 Å². The van der Waals surface area contributed by atoms with Gasteiger partial charge in [-0.2, -0.15) is 0 Å². The van der Waals surface area contributed by atoms with Crippen LogP contribution in [0.15, 0.2) is 103 Å². The van der Waals surface area contributed by atoms with Crippen molar-refractivity contribution in [1.29, 1.82) is 0 Å². The van der Waals surface area contributed by atoms with Crippen molar-refractivity contribution < 1.29 is 14.0 Å². The number of carbonyl (C=O) groups is 1. The Morgan fingerprint density at radius 3 is 1.53 bits per heavy atom. The maximum absolute atomic E-state index is 11.4. The Kier molecular flexibility index (Phi) is 7.35. The molecule has 0 bridgehead atoms. The van der Waals surface area contributed by atoms with Gasteiger partial charge in [-0.1, -0.05) is 97.1 Å². The van der Waals surface area contributed by atoms with Gasteiger partial charge in [0, 0.05) is 13.3 Å². The van der Waals surface area contributed by atoms with Crippen LogP contribution in [0.25, 0.3) is 0 Å². The molecule has 2 atom stereocenters. The molecule has 0 aromatic heterocycles. The summed E-state index contributed by atoms with van der Waals surface area (Å²) in [6.45, 7) is 1.46. The zero-order valence-electron chi connectivity index (χ0n) is 18.5. The van der Waals surface area contributed by atoms with Gasteiger partial charge in [0.05, 0.1) is 6.10 Å². The van der Waals surface area contributed by atoms with Crippen molar-refractivity contribution in [3.8, 4) is 0 Å². The minimum absolute atomic E-state index is 0.0397. The fourth-order valence-electron chi connectivity index (χ4n) is 4.56. The summed E-state index contributed by atoms with van der Waals surface area (Å²) < 4.78 is 12.5. The van der Waals surface area contributed by atoms with E-state index in [0.717, 1.165) is 18.1 Å². The first-order valence-electron chi connectivity index (χ1n) is 11.3. The lowest BCUT2D eigenvalue weighted by Gasteiger charge is -2.35. The van der Waals surface area contributed by atoms with E-state index in [1.54, 1.807) is 0 Å². The zero-order valence-corrected chi connectivity index (χ0v) is 19.5. The van der Waals surface area contributed by atoms with Crippen LogP contribution < -0.4 is 0 Å². The summed E-state index contributed by atoms with van der Waals surface area (Å²) in [7, 11) is -2.34. The summed E-state index contributed by atoms with van der Waals surface area (Å²) in [5.74, 6) is -0.248. The van der Waals surface area contributed by atoms with E-state index < -0.39 is 8.32 Å². The highest BCUT2D eigenvalue weighted by Gasteiger charge is 2.39. The van der Waals surface area contributed by atoms with E-state index in [-0.39, 0.29) is 18.2 Å². The van der Waals surface area contributed by atoms with Gasteiger partial charge in [0.2, 0.25) is 8.32 Å². The first kappa shape index (κ1) is 22.2. The number of ether oxygens (including phenoxy) is 1. The van der Waals surface area contributed by atoms with Crippen molar-refractivity contribution in [3.05, 3.63) is 120 Å². The van der Waals surface area contributed by atoms with E-state index >= 15 is 0 Å². The summed E-state index contributed by atoms with van der Waals surface area (Å²) >= 11 is 0. The number of hydrogen-bond donors (Lipinski definition) is 0. The van der Waals surface area contributed by atoms with Crippen LogP contribution >= 0.6 is 0 Å². The topological polar surface area (TPSA) is 35.5 Å². The number of carbonyl (C=O) groups excluding carboxylic acids is 1. The van der Waals surface area contributed by atoms with Crippen LogP contribution in [0.5, 0.6) is 0 Å². The van der Waals surface area contributed by atoms with Gasteiger partial charge in [0.25, 0.3) is 0 Å². The Morgan fingerprint density at radius 2 is 1.12 bits per heavy atom. The van der Waals surface area contributed by atoms with Gasteiger partial charge >= 0.3 is 5.97 Å². The third-order valence-corrected chi connectivity index (χ3v) is 9.79. The van der Waals surface area contributed by atoms with E-state index in [4.69, 9.17) is 9.16 Å². The standard InChI is InChI=1S/C28H30O3Si/c1-23(29)30-27-17-18-28(19-27)31-32(20-24-11-5-2-6-12-24,21-25-13-7-3-8-14-25)22-26-15-9-4-10-16-26/h2-18,27-28H,19-22H2,1H3/t27-,28?/m0/s1. The molecular formula is C28H30O3Si. The lowest BCUT2D eigenvalue weighted by atomic mass is 10.2. The van der Waals surface area contributed by atoms with E-state index in [1.165, 1.54) is 23.6 Å². The van der Waals surface area contributed by atoms with Crippen LogP contribution in [0.1, 0.15) is 30.0 Å². The molecule has 3 aromatic rings. The molecular weight excluding hydrogens is 412 g/mol. The van der Waals surface area contributed by atoms with Crippen LogP contribution in [0.2, 0.25) is 0 Å². The maximum Gasteiger partial charge on any atom is 0.303 e. The second kappa shape index (κ2) is 10.6. The minimum Gasteiger partial charge on any atom is -0.458 e. The molecule has 0 amide bonds. The summed E-state index contributed by atoms with van der Waals surface area (Å²) in [5, 5.41) is 0. The van der Waals surface area contributed by atoms with E-state index in [2.05, 4.69) is 97.1 Å². The summed E-state index contributed by atoms with van der Waals surface area (Å²) in [6, 6.07) is 34.8. The molecule has 1 aliphatic rings. The average Bonchev–Trinajstić information content (AvgIpc) is 3.21. The minimum atomic E-state index is -2.34. The van der Waals surface area contributed by atoms with Gasteiger partial charge in [-0.25, -0.2) is 0 Å². The Balaban J connectivity index is 1.66. The van der Waals surface area contributed by atoms with Gasteiger partial charge in [-0.05, 0) is 40.9 Å². The highest BCUT2D eigenvalue weighted by molar-refractivity contribution is 6.72. The molecule has 0 heterocycles. The molecule has 4 heteroatoms. The molecule has 1 unspecified atom stereocenters. The quantitative estimate of drug-likeness (QED) is 0.247. The molecule has 3 aromatic carbocycles. The molecule has 0 fully saturated rings. The average molecular weight is 443 g/mol. The van der Waals surface area contributed by atoms with Crippen molar-refractivity contribution in [2.75, 3.05) is 0 Å². The Bertz CT molecular complexity index is 917. The second-order valence-electron chi connectivity index (χ2n) is 8.59. The zero-order chi connectivity index (χ0) is 22.2. The van der Waals surface area contributed by atoms with Gasteiger partial charge in [-0.15, -0.1) is 0 Å². The van der Waals surface area contributed by atoms with Gasteiger partial charge < -0.3 is 9.16 Å². The molecule has 3 nitrogen and oxygen atoms in total. The van der Waals surface area contributed by atoms with Crippen LogP contribution in [-0.4, -0.2) is 26.5 Å². The van der Waals surface area contributed by atoms with Crippen molar-refractivity contribution in [2.24, 2.45) is 0 Å². The first-order chi connectivity index (χ1) is 15.6. The predicted molar refractivity (Wildman–Crippen MR) is 130 cm³/mol. The fourth-order valence-corrected chi connectivity index (χ4v) is 8.94. The van der Waals surface area contributed by atoms with Crippen molar-refractivity contribution in [1.82, 2.24) is 0 Å². The van der Waals surface area contributed by atoms with Crippen molar-refractivity contribution >= 4 is 14.3 Å². The summed E-state index contributed by atoms with van der Waals surface area (Å²) in [6.07, 6.45) is 4.50. The maximum atomic E-state index is 11.4. The monoisotopic (exact) mass is 442 g/mol. The molecule has 4 rings (SSSR count). The lowest BCUT2D eigenvalue weighted by Crippen LogP contribution is -2.49. The highest BCUT2D eigenvalue weighted by Crippen LogP contribution is 2.29. The number of esters is 1. The van der Waals surface area contributed by atoms with Crippen LogP contribution in [0.4, 0.5) is 0 Å². The number of rotatable bonds is 9. The van der Waals surface area contributed by atoms with Gasteiger partial charge in [0.1, 0.15) is 6.10 Å². The summed E-state index contributed by atoms with van der Waals surface area (Å²) in [4.78, 5) is 11.4. The summed E-state index contributed by atoms with van der Waals surface area (Å²) in [5.41, 5.74) is 3.93. The number of benzene rings is 3. The van der Waals surface area contributed by atoms with E-state index in [0.29, 0.717) is 6.42 Å². The molecule has 0 radical (unpaired) electrons. The largest absolute Gasteiger partial charge is 0.458 e. The van der Waals surface area contributed by atoms with E-state index in [1.807, 2.05) is 6.08 Å². The molecule has 0 aliphatic heterocycles. The molecule has 32 heavy (non-hydrogen) atoms. The Labute approximate surface area is 191 Å². The molecule has 1 aliphatic carbocycles. The molecule has 164 valence electrons. The lowest BCUT2D eigenvalue weighted by molar-refractivity contribution is -0.144. The predicted octanol–water partition coefficient (Wildman–Crippen LogP) is 5.55. The smallest absolute Gasteiger partial charge is 0.303 e. The Morgan fingerprint density at radius 1 is 0.719 bits per heavy atom. The second-order valence-corrected chi connectivity index (χ2v) is 12.3. The molecule has 0 N–H and O–H groups in total. The van der Waals surface area contributed by atoms with E-state index in [9.17, 15) is 4.79 Å². The third-order valence-electron chi connectivity index (χ3n) is 5.83. The fraction of sp³-hybridized carbons (Fsp3) is 0.250. The Hall–Kier alpha value is -2.95. The highest BCUT2D eigenvalue weighted by atomic mass is 28.4. The van der Waals surface area contributed by atoms with Gasteiger partial charge in [0.15, 0.2) is 0 Å². The normalized spacial score (nSPS) is 17.9. The van der Waals surface area contributed by atoms with Crippen molar-refractivity contribution in [3.63, 3.8) is 0 Å². The van der Waals surface area contributed by atoms with Crippen molar-refractivity contribution in [2.45, 2.75) is 43.7 Å². The molecule has 0 saturated carbocycles. The first-order valence-corrected chi connectivity index (χ1v) is 13.8. The van der Waals surface area contributed by atoms with Crippen LogP contribution in [0.3, 0.4) is 0 Å². The van der Waals surface area contributed by atoms with Gasteiger partial charge in [-0.3, -0.25) is 4.79 Å². The third kappa shape index (κ3) is 6.28. The van der Waals surface area contributed by atoms with Crippen LogP contribution in [0, 0.1) is 0 Å². The SMILES string of the molecule is CC(=O)O[C@H]1C=CC(O[Si](Cc2ccccc2)(Cc2ccccc2)Cc2ccccc2)C1. The molecule has 0 saturated heterocycles. The number of hydrogen-bond acceptors (Lipinski definition) is 3.